The molecule has 5 nitrogen and oxygen atoms in total. The largest absolute Gasteiger partial charge is 0.493 e. The number of thioether (sulfide) groups is 1. The van der Waals surface area contributed by atoms with Gasteiger partial charge in [-0.05, 0) is 77.5 Å². The summed E-state index contributed by atoms with van der Waals surface area (Å²) in [4.78, 5) is 17.3. The van der Waals surface area contributed by atoms with Crippen molar-refractivity contribution in [1.82, 2.24) is 5.32 Å². The lowest BCUT2D eigenvalue weighted by Gasteiger charge is -2.11. The first-order valence-electron chi connectivity index (χ1n) is 9.60. The average Bonchev–Trinajstić information content (AvgIpc) is 3.12. The van der Waals surface area contributed by atoms with Crippen molar-refractivity contribution in [3.8, 4) is 11.5 Å². The number of carbonyl (C=O) groups excluding carboxylic acids is 1. The fraction of sp³-hybridized carbons (Fsp3) is 0.0833. The van der Waals surface area contributed by atoms with Gasteiger partial charge in [-0.25, -0.2) is 9.38 Å². The molecule has 0 saturated carbocycles. The van der Waals surface area contributed by atoms with Gasteiger partial charge in [-0.3, -0.25) is 4.79 Å². The van der Waals surface area contributed by atoms with Crippen LogP contribution in [-0.2, 0) is 11.4 Å². The van der Waals surface area contributed by atoms with Crippen molar-refractivity contribution in [3.05, 3.63) is 93.6 Å². The van der Waals surface area contributed by atoms with E-state index in [9.17, 15) is 9.18 Å². The lowest BCUT2D eigenvalue weighted by Crippen LogP contribution is -2.19. The van der Waals surface area contributed by atoms with Crippen molar-refractivity contribution in [3.63, 3.8) is 0 Å². The number of hydrogen-bond donors (Lipinski definition) is 1. The number of methoxy groups -OCH3 is 1. The van der Waals surface area contributed by atoms with E-state index in [2.05, 4.69) is 10.3 Å². The zero-order chi connectivity index (χ0) is 22.5. The van der Waals surface area contributed by atoms with E-state index in [0.717, 1.165) is 5.56 Å². The van der Waals surface area contributed by atoms with Crippen LogP contribution < -0.4 is 14.8 Å². The lowest BCUT2D eigenvalue weighted by atomic mass is 10.2. The SMILES string of the molecule is COc1cc(/C=C2\SC(=Nc3ccc(Cl)cc3)NC2=O)ccc1OCc1cccc(F)c1. The van der Waals surface area contributed by atoms with Crippen molar-refractivity contribution in [2.24, 2.45) is 4.99 Å². The van der Waals surface area contributed by atoms with Crippen LogP contribution in [0.15, 0.2) is 76.6 Å². The Morgan fingerprint density at radius 2 is 1.91 bits per heavy atom. The second kappa shape index (κ2) is 9.89. The molecule has 3 aromatic carbocycles. The molecule has 0 aliphatic carbocycles. The molecule has 0 atom stereocenters. The zero-order valence-electron chi connectivity index (χ0n) is 17.0. The molecule has 1 heterocycles. The minimum absolute atomic E-state index is 0.206. The molecule has 0 bridgehead atoms. The first-order chi connectivity index (χ1) is 15.5. The third-order valence-electron chi connectivity index (χ3n) is 4.48. The summed E-state index contributed by atoms with van der Waals surface area (Å²) in [7, 11) is 1.54. The third-order valence-corrected chi connectivity index (χ3v) is 5.64. The van der Waals surface area contributed by atoms with E-state index in [1.54, 1.807) is 54.6 Å². The minimum Gasteiger partial charge on any atom is -0.493 e. The normalized spacial score (nSPS) is 15.8. The Bertz CT molecular complexity index is 1210. The molecule has 0 aromatic heterocycles. The second-order valence-corrected chi connectivity index (χ2v) is 8.25. The molecule has 8 heteroatoms. The summed E-state index contributed by atoms with van der Waals surface area (Å²) in [6, 6.07) is 18.6. The first-order valence-corrected chi connectivity index (χ1v) is 10.8. The Labute approximate surface area is 193 Å². The number of amides is 1. The summed E-state index contributed by atoms with van der Waals surface area (Å²) in [5.41, 5.74) is 2.18. The maximum Gasteiger partial charge on any atom is 0.264 e. The lowest BCUT2D eigenvalue weighted by molar-refractivity contribution is -0.115. The van der Waals surface area contributed by atoms with E-state index in [-0.39, 0.29) is 18.3 Å². The van der Waals surface area contributed by atoms with Gasteiger partial charge in [0.05, 0.1) is 17.7 Å². The second-order valence-electron chi connectivity index (χ2n) is 6.79. The molecule has 1 N–H and O–H groups in total. The molecular formula is C24H18ClFN2O3S. The molecule has 0 radical (unpaired) electrons. The van der Waals surface area contributed by atoms with E-state index in [1.165, 1.54) is 31.0 Å². The van der Waals surface area contributed by atoms with Crippen molar-refractivity contribution < 1.29 is 18.7 Å². The van der Waals surface area contributed by atoms with Crippen LogP contribution in [0.25, 0.3) is 6.08 Å². The Balaban J connectivity index is 1.48. The molecule has 32 heavy (non-hydrogen) atoms. The molecule has 1 aliphatic rings. The summed E-state index contributed by atoms with van der Waals surface area (Å²) in [6.45, 7) is 0.206. The molecule has 1 saturated heterocycles. The predicted octanol–water partition coefficient (Wildman–Crippen LogP) is 5.96. The van der Waals surface area contributed by atoms with Crippen LogP contribution in [0.1, 0.15) is 11.1 Å². The number of rotatable bonds is 6. The Kier molecular flexibility index (Phi) is 6.78. The molecular weight excluding hydrogens is 451 g/mol. The van der Waals surface area contributed by atoms with Gasteiger partial charge in [0.25, 0.3) is 5.91 Å². The standard InChI is InChI=1S/C24H18ClFN2O3S/c1-30-21-12-15(5-10-20(21)31-14-16-3-2-4-18(26)11-16)13-22-23(29)28-24(32-22)27-19-8-6-17(25)7-9-19/h2-13H,14H2,1H3,(H,27,28,29)/b22-13-. The Morgan fingerprint density at radius 1 is 1.09 bits per heavy atom. The zero-order valence-corrected chi connectivity index (χ0v) is 18.5. The number of carbonyl (C=O) groups is 1. The van der Waals surface area contributed by atoms with Gasteiger partial charge in [-0.15, -0.1) is 0 Å². The van der Waals surface area contributed by atoms with Gasteiger partial charge in [0, 0.05) is 5.02 Å². The summed E-state index contributed by atoms with van der Waals surface area (Å²) in [5.74, 6) is 0.487. The molecule has 4 rings (SSSR count). The Hall–Kier alpha value is -3.29. The van der Waals surface area contributed by atoms with Gasteiger partial charge in [0.2, 0.25) is 0 Å². The number of nitrogens with zero attached hydrogens (tertiary/aromatic N) is 1. The highest BCUT2D eigenvalue weighted by Crippen LogP contribution is 2.32. The summed E-state index contributed by atoms with van der Waals surface area (Å²) in [5, 5.41) is 3.87. The van der Waals surface area contributed by atoms with E-state index < -0.39 is 0 Å². The van der Waals surface area contributed by atoms with Crippen molar-refractivity contribution in [2.75, 3.05) is 7.11 Å². The number of aliphatic imine (C=N–C) groups is 1. The van der Waals surface area contributed by atoms with Gasteiger partial charge in [0.15, 0.2) is 16.7 Å². The van der Waals surface area contributed by atoms with E-state index in [0.29, 0.717) is 37.8 Å². The van der Waals surface area contributed by atoms with E-state index in [4.69, 9.17) is 21.1 Å². The van der Waals surface area contributed by atoms with Gasteiger partial charge < -0.3 is 14.8 Å². The van der Waals surface area contributed by atoms with Crippen LogP contribution in [0.3, 0.4) is 0 Å². The van der Waals surface area contributed by atoms with Crippen LogP contribution in [-0.4, -0.2) is 18.2 Å². The average molecular weight is 469 g/mol. The monoisotopic (exact) mass is 468 g/mol. The van der Waals surface area contributed by atoms with Crippen molar-refractivity contribution in [2.45, 2.75) is 6.61 Å². The van der Waals surface area contributed by atoms with E-state index in [1.807, 2.05) is 6.07 Å². The van der Waals surface area contributed by atoms with Crippen molar-refractivity contribution >= 4 is 46.2 Å². The highest BCUT2D eigenvalue weighted by Gasteiger charge is 2.24. The van der Waals surface area contributed by atoms with Crippen molar-refractivity contribution in [1.29, 1.82) is 0 Å². The van der Waals surface area contributed by atoms with Crippen LogP contribution in [0.4, 0.5) is 10.1 Å². The number of ether oxygens (including phenoxy) is 2. The molecule has 1 amide bonds. The smallest absolute Gasteiger partial charge is 0.264 e. The fourth-order valence-electron chi connectivity index (χ4n) is 2.95. The third kappa shape index (κ3) is 5.49. The van der Waals surface area contributed by atoms with Gasteiger partial charge in [-0.1, -0.05) is 29.8 Å². The predicted molar refractivity (Wildman–Crippen MR) is 126 cm³/mol. The number of nitrogens with one attached hydrogen (secondary N) is 1. The number of halogens is 2. The first kappa shape index (κ1) is 21.9. The maximum atomic E-state index is 13.3. The summed E-state index contributed by atoms with van der Waals surface area (Å²) in [6.07, 6.45) is 1.75. The Morgan fingerprint density at radius 3 is 2.66 bits per heavy atom. The number of hydrogen-bond acceptors (Lipinski definition) is 5. The quantitative estimate of drug-likeness (QED) is 0.453. The van der Waals surface area contributed by atoms with Crippen LogP contribution in [0.2, 0.25) is 5.02 Å². The highest BCUT2D eigenvalue weighted by atomic mass is 35.5. The maximum absolute atomic E-state index is 13.3. The number of amidine groups is 1. The summed E-state index contributed by atoms with van der Waals surface area (Å²) >= 11 is 7.14. The van der Waals surface area contributed by atoms with Crippen LogP contribution >= 0.6 is 23.4 Å². The van der Waals surface area contributed by atoms with Crippen LogP contribution in [0, 0.1) is 5.82 Å². The van der Waals surface area contributed by atoms with Gasteiger partial charge in [0.1, 0.15) is 12.4 Å². The van der Waals surface area contributed by atoms with E-state index >= 15 is 0 Å². The molecule has 1 aliphatic heterocycles. The minimum atomic E-state index is -0.314. The molecule has 0 unspecified atom stereocenters. The molecule has 0 spiro atoms. The molecule has 162 valence electrons. The number of benzene rings is 3. The fourth-order valence-corrected chi connectivity index (χ4v) is 3.91. The topological polar surface area (TPSA) is 59.9 Å². The summed E-state index contributed by atoms with van der Waals surface area (Å²) < 4.78 is 24.6. The van der Waals surface area contributed by atoms with Gasteiger partial charge >= 0.3 is 0 Å². The molecule has 1 fully saturated rings. The molecule has 3 aromatic rings. The van der Waals surface area contributed by atoms with Crippen LogP contribution in [0.5, 0.6) is 11.5 Å². The highest BCUT2D eigenvalue weighted by molar-refractivity contribution is 8.18. The van der Waals surface area contributed by atoms with Gasteiger partial charge in [-0.2, -0.15) is 0 Å².